The number of rotatable bonds is 4. The number of hydrogen-bond acceptors (Lipinski definition) is 1. The number of benzene rings is 4. The molecule has 1 aliphatic carbocycles. The van der Waals surface area contributed by atoms with Crippen molar-refractivity contribution in [3.8, 4) is 0 Å². The van der Waals surface area contributed by atoms with Gasteiger partial charge in [-0.3, -0.25) is 0 Å². The maximum absolute atomic E-state index is 12.6. The Hall–Kier alpha value is -3.42. The Morgan fingerprint density at radius 1 is 0.700 bits per heavy atom. The first-order valence-corrected chi connectivity index (χ1v) is 10.4. The van der Waals surface area contributed by atoms with E-state index >= 15 is 0 Å². The maximum Gasteiger partial charge on any atom is 0.141 e. The van der Waals surface area contributed by atoms with Gasteiger partial charge < -0.3 is 5.11 Å². The van der Waals surface area contributed by atoms with E-state index in [-0.39, 0.29) is 5.92 Å². The molecule has 30 heavy (non-hydrogen) atoms. The summed E-state index contributed by atoms with van der Waals surface area (Å²) < 4.78 is 0. The van der Waals surface area contributed by atoms with Crippen molar-refractivity contribution in [2.45, 2.75) is 18.4 Å². The number of hydrogen-bond donors (Lipinski definition) is 1. The van der Waals surface area contributed by atoms with Crippen LogP contribution in [0.25, 0.3) is 10.8 Å². The summed E-state index contributed by atoms with van der Waals surface area (Å²) in [6.45, 7) is 2.16. The van der Waals surface area contributed by atoms with Crippen LogP contribution in [0.2, 0.25) is 0 Å². The lowest BCUT2D eigenvalue weighted by molar-refractivity contribution is 0.126. The zero-order valence-electron chi connectivity index (χ0n) is 17.0. The van der Waals surface area contributed by atoms with E-state index in [1.807, 2.05) is 60.7 Å². The van der Waals surface area contributed by atoms with E-state index in [1.54, 1.807) is 0 Å². The van der Waals surface area contributed by atoms with E-state index in [2.05, 4.69) is 61.5 Å². The molecule has 0 aliphatic heterocycles. The van der Waals surface area contributed by atoms with Crippen LogP contribution in [0.5, 0.6) is 0 Å². The summed E-state index contributed by atoms with van der Waals surface area (Å²) in [4.78, 5) is 0. The predicted molar refractivity (Wildman–Crippen MR) is 125 cm³/mol. The van der Waals surface area contributed by atoms with Gasteiger partial charge in [0.25, 0.3) is 0 Å². The summed E-state index contributed by atoms with van der Waals surface area (Å²) in [6.07, 6.45) is 6.50. The predicted octanol–water partition coefficient (Wildman–Crippen LogP) is 6.72. The minimum Gasteiger partial charge on any atom is -0.376 e. The minimum absolute atomic E-state index is 0.156. The SMILES string of the molecule is CC1=CC=CC1c1ccc2ccccc2c1C(O)(c1ccccc1)c1ccccc1. The molecular weight excluding hydrogens is 364 g/mol. The Kier molecular flexibility index (Phi) is 4.61. The van der Waals surface area contributed by atoms with Crippen LogP contribution in [0.3, 0.4) is 0 Å². The second-order valence-corrected chi connectivity index (χ2v) is 7.97. The van der Waals surface area contributed by atoms with Gasteiger partial charge in [-0.05, 0) is 34.4 Å². The Morgan fingerprint density at radius 3 is 1.90 bits per heavy atom. The molecule has 1 unspecified atom stereocenters. The van der Waals surface area contributed by atoms with Gasteiger partial charge >= 0.3 is 0 Å². The van der Waals surface area contributed by atoms with E-state index in [0.717, 1.165) is 33.0 Å². The lowest BCUT2D eigenvalue weighted by atomic mass is 9.73. The van der Waals surface area contributed by atoms with Gasteiger partial charge in [-0.25, -0.2) is 0 Å². The van der Waals surface area contributed by atoms with E-state index in [1.165, 1.54) is 5.57 Å². The highest BCUT2D eigenvalue weighted by Crippen LogP contribution is 2.46. The second-order valence-electron chi connectivity index (χ2n) is 7.97. The van der Waals surface area contributed by atoms with Crippen molar-refractivity contribution >= 4 is 10.8 Å². The quantitative estimate of drug-likeness (QED) is 0.385. The van der Waals surface area contributed by atoms with Gasteiger partial charge in [-0.2, -0.15) is 0 Å². The van der Waals surface area contributed by atoms with Gasteiger partial charge in [0.05, 0.1) is 0 Å². The van der Waals surface area contributed by atoms with Crippen LogP contribution < -0.4 is 0 Å². The van der Waals surface area contributed by atoms with Gasteiger partial charge in [-0.1, -0.05) is 121 Å². The summed E-state index contributed by atoms with van der Waals surface area (Å²) in [6, 6.07) is 32.7. The van der Waals surface area contributed by atoms with E-state index < -0.39 is 5.60 Å². The summed E-state index contributed by atoms with van der Waals surface area (Å²) in [5, 5.41) is 14.8. The standard InChI is InChI=1S/C29H24O/c1-21-11-10-18-25(21)27-20-19-22-12-8-9-17-26(22)28(27)29(30,23-13-4-2-5-14-23)24-15-6-3-7-16-24/h2-20,25,30H,1H3. The zero-order valence-corrected chi connectivity index (χ0v) is 17.0. The Labute approximate surface area is 177 Å². The molecule has 0 bridgehead atoms. The molecule has 1 heteroatoms. The van der Waals surface area contributed by atoms with Crippen LogP contribution in [0.4, 0.5) is 0 Å². The average molecular weight is 389 g/mol. The normalized spacial score (nSPS) is 16.1. The molecule has 0 saturated heterocycles. The first-order valence-electron chi connectivity index (χ1n) is 10.4. The molecule has 4 aromatic carbocycles. The Balaban J connectivity index is 1.91. The van der Waals surface area contributed by atoms with Crippen molar-refractivity contribution in [3.63, 3.8) is 0 Å². The Bertz CT molecular complexity index is 1210. The number of allylic oxidation sites excluding steroid dienone is 4. The first-order chi connectivity index (χ1) is 14.7. The summed E-state index contributed by atoms with van der Waals surface area (Å²) in [5.41, 5.74) is 3.87. The molecule has 0 radical (unpaired) electrons. The zero-order chi connectivity index (χ0) is 20.6. The molecule has 0 spiro atoms. The highest BCUT2D eigenvalue weighted by molar-refractivity contribution is 5.89. The van der Waals surface area contributed by atoms with Crippen molar-refractivity contribution in [1.82, 2.24) is 0 Å². The molecular formula is C29H24O. The average Bonchev–Trinajstić information content (AvgIpc) is 3.24. The maximum atomic E-state index is 12.6. The molecule has 1 atom stereocenters. The van der Waals surface area contributed by atoms with Gasteiger partial charge in [0.1, 0.15) is 5.60 Å². The van der Waals surface area contributed by atoms with Crippen molar-refractivity contribution in [3.05, 3.63) is 143 Å². The lowest BCUT2D eigenvalue weighted by Crippen LogP contribution is -2.31. The Morgan fingerprint density at radius 2 is 1.30 bits per heavy atom. The van der Waals surface area contributed by atoms with Crippen LogP contribution in [-0.2, 0) is 5.60 Å². The van der Waals surface area contributed by atoms with Crippen molar-refractivity contribution in [2.24, 2.45) is 0 Å². The minimum atomic E-state index is -1.27. The molecule has 0 fully saturated rings. The number of fused-ring (bicyclic) bond motifs is 1. The molecule has 0 amide bonds. The van der Waals surface area contributed by atoms with Crippen LogP contribution >= 0.6 is 0 Å². The first kappa shape index (κ1) is 18.6. The van der Waals surface area contributed by atoms with Crippen molar-refractivity contribution in [2.75, 3.05) is 0 Å². The van der Waals surface area contributed by atoms with Gasteiger partial charge in [0.2, 0.25) is 0 Å². The summed E-state index contributed by atoms with van der Waals surface area (Å²) in [7, 11) is 0. The topological polar surface area (TPSA) is 20.2 Å². The molecule has 5 rings (SSSR count). The molecule has 1 N–H and O–H groups in total. The van der Waals surface area contributed by atoms with Crippen LogP contribution in [-0.4, -0.2) is 5.11 Å². The fourth-order valence-electron chi connectivity index (χ4n) is 4.69. The van der Waals surface area contributed by atoms with Gasteiger partial charge in [-0.15, -0.1) is 0 Å². The molecule has 0 saturated carbocycles. The largest absolute Gasteiger partial charge is 0.376 e. The molecule has 146 valence electrons. The van der Waals surface area contributed by atoms with E-state index in [0.29, 0.717) is 0 Å². The van der Waals surface area contributed by atoms with E-state index in [9.17, 15) is 5.11 Å². The van der Waals surface area contributed by atoms with Gasteiger partial charge in [0, 0.05) is 11.5 Å². The molecule has 1 nitrogen and oxygen atoms in total. The molecule has 4 aromatic rings. The van der Waals surface area contributed by atoms with Crippen molar-refractivity contribution < 1.29 is 5.11 Å². The summed E-state index contributed by atoms with van der Waals surface area (Å²) >= 11 is 0. The fraction of sp³-hybridized carbons (Fsp3) is 0.103. The van der Waals surface area contributed by atoms with Crippen LogP contribution in [0.15, 0.2) is 121 Å². The summed E-state index contributed by atoms with van der Waals surface area (Å²) in [5.74, 6) is 0.156. The van der Waals surface area contributed by atoms with E-state index in [4.69, 9.17) is 0 Å². The smallest absolute Gasteiger partial charge is 0.141 e. The molecule has 0 heterocycles. The fourth-order valence-corrected chi connectivity index (χ4v) is 4.69. The highest BCUT2D eigenvalue weighted by Gasteiger charge is 2.38. The monoisotopic (exact) mass is 388 g/mol. The molecule has 1 aliphatic rings. The van der Waals surface area contributed by atoms with Crippen molar-refractivity contribution in [1.29, 1.82) is 0 Å². The third-order valence-electron chi connectivity index (χ3n) is 6.19. The second kappa shape index (κ2) is 7.44. The lowest BCUT2D eigenvalue weighted by Gasteiger charge is -2.34. The third-order valence-corrected chi connectivity index (χ3v) is 6.19. The molecule has 0 aromatic heterocycles. The highest BCUT2D eigenvalue weighted by atomic mass is 16.3. The van der Waals surface area contributed by atoms with Crippen LogP contribution in [0, 0.1) is 0 Å². The number of aliphatic hydroxyl groups is 1. The third kappa shape index (κ3) is 2.91. The van der Waals surface area contributed by atoms with Crippen LogP contribution in [0.1, 0.15) is 35.1 Å². The van der Waals surface area contributed by atoms with Gasteiger partial charge in [0.15, 0.2) is 0 Å².